The zero-order valence-electron chi connectivity index (χ0n) is 16.8. The Bertz CT molecular complexity index is 802. The molecule has 0 heterocycles. The number of methoxy groups -OCH3 is 1. The summed E-state index contributed by atoms with van der Waals surface area (Å²) in [5.74, 6) is 1.05. The van der Waals surface area contributed by atoms with Crippen molar-refractivity contribution in [1.82, 2.24) is 5.32 Å². The molecule has 0 atom stereocenters. The number of thioether (sulfide) groups is 1. The number of benzene rings is 2. The van der Waals surface area contributed by atoms with Gasteiger partial charge in [0.15, 0.2) is 5.75 Å². The molecule has 0 unspecified atom stereocenters. The zero-order chi connectivity index (χ0) is 21.1. The van der Waals surface area contributed by atoms with E-state index in [1.807, 2.05) is 18.2 Å². The normalized spacial score (nSPS) is 10.4. The first-order valence-corrected chi connectivity index (χ1v) is 10.7. The first-order chi connectivity index (χ1) is 14.0. The second-order valence-corrected chi connectivity index (χ2v) is 7.36. The fourth-order valence-electron chi connectivity index (χ4n) is 2.89. The third-order valence-electron chi connectivity index (χ3n) is 4.37. The fraction of sp³-hybridized carbons (Fsp3) is 0.381. The van der Waals surface area contributed by atoms with Crippen LogP contribution in [0.5, 0.6) is 5.75 Å². The quantitative estimate of drug-likeness (QED) is 0.321. The second kappa shape index (κ2) is 12.0. The molecule has 8 heteroatoms. The molecule has 0 aliphatic rings. The smallest absolute Gasteiger partial charge is 0.311 e. The van der Waals surface area contributed by atoms with E-state index in [1.54, 1.807) is 12.1 Å². The predicted molar refractivity (Wildman–Crippen MR) is 118 cm³/mol. The number of ether oxygens (including phenoxy) is 1. The lowest BCUT2D eigenvalue weighted by Gasteiger charge is -2.23. The van der Waals surface area contributed by atoms with Gasteiger partial charge in [0.2, 0.25) is 5.91 Å². The van der Waals surface area contributed by atoms with Crippen LogP contribution in [0.3, 0.4) is 0 Å². The minimum absolute atomic E-state index is 0.0271. The van der Waals surface area contributed by atoms with Crippen molar-refractivity contribution in [2.45, 2.75) is 19.1 Å². The number of anilines is 1. The summed E-state index contributed by atoms with van der Waals surface area (Å²) in [5, 5.41) is 14.0. The Balaban J connectivity index is 1.68. The molecule has 0 aliphatic heterocycles. The maximum atomic E-state index is 12.0. The Morgan fingerprint density at radius 2 is 2.00 bits per heavy atom. The Morgan fingerprint density at radius 1 is 1.24 bits per heavy atom. The van der Waals surface area contributed by atoms with E-state index in [0.29, 0.717) is 18.1 Å². The van der Waals surface area contributed by atoms with Crippen LogP contribution in [0.4, 0.5) is 11.4 Å². The number of hydrogen-bond acceptors (Lipinski definition) is 6. The molecule has 0 spiro atoms. The molecule has 0 aromatic heterocycles. The average molecular weight is 418 g/mol. The van der Waals surface area contributed by atoms with Crippen molar-refractivity contribution in [3.63, 3.8) is 0 Å². The highest BCUT2D eigenvalue weighted by molar-refractivity contribution is 7.99. The first-order valence-electron chi connectivity index (χ1n) is 9.51. The number of rotatable bonds is 12. The van der Waals surface area contributed by atoms with Crippen LogP contribution in [0.2, 0.25) is 0 Å². The van der Waals surface area contributed by atoms with Crippen LogP contribution in [-0.4, -0.2) is 43.3 Å². The molecule has 0 aliphatic carbocycles. The molecule has 0 radical (unpaired) electrons. The number of para-hydroxylation sites is 1. The number of amides is 1. The van der Waals surface area contributed by atoms with E-state index in [9.17, 15) is 14.9 Å². The van der Waals surface area contributed by atoms with Gasteiger partial charge >= 0.3 is 5.69 Å². The summed E-state index contributed by atoms with van der Waals surface area (Å²) < 4.78 is 5.00. The van der Waals surface area contributed by atoms with E-state index in [1.165, 1.54) is 30.6 Å². The first kappa shape index (κ1) is 22.5. The number of carbonyl (C=O) groups excluding carboxylic acids is 1. The van der Waals surface area contributed by atoms with Crippen LogP contribution >= 0.6 is 11.8 Å². The van der Waals surface area contributed by atoms with E-state index in [4.69, 9.17) is 4.74 Å². The van der Waals surface area contributed by atoms with Crippen LogP contribution in [0.15, 0.2) is 48.5 Å². The summed E-state index contributed by atoms with van der Waals surface area (Å²) in [4.78, 5) is 24.9. The zero-order valence-corrected chi connectivity index (χ0v) is 17.6. The maximum absolute atomic E-state index is 12.0. The van der Waals surface area contributed by atoms with E-state index < -0.39 is 4.92 Å². The lowest BCUT2D eigenvalue weighted by atomic mass is 10.2. The average Bonchev–Trinajstić information content (AvgIpc) is 2.74. The van der Waals surface area contributed by atoms with Crippen molar-refractivity contribution in [3.8, 4) is 5.75 Å². The highest BCUT2D eigenvalue weighted by Crippen LogP contribution is 2.28. The van der Waals surface area contributed by atoms with Crippen molar-refractivity contribution in [3.05, 3.63) is 64.2 Å². The summed E-state index contributed by atoms with van der Waals surface area (Å²) in [6.45, 7) is 4.54. The van der Waals surface area contributed by atoms with E-state index in [2.05, 4.69) is 29.3 Å². The monoisotopic (exact) mass is 417 g/mol. The lowest BCUT2D eigenvalue weighted by Crippen LogP contribution is -2.30. The lowest BCUT2D eigenvalue weighted by molar-refractivity contribution is -0.385. The van der Waals surface area contributed by atoms with E-state index in [-0.39, 0.29) is 17.3 Å². The summed E-state index contributed by atoms with van der Waals surface area (Å²) in [5.41, 5.74) is 1.91. The summed E-state index contributed by atoms with van der Waals surface area (Å²) >= 11 is 1.43. The number of nitro benzene ring substituents is 1. The summed E-state index contributed by atoms with van der Waals surface area (Å²) in [6, 6.07) is 15.1. The largest absolute Gasteiger partial charge is 0.490 e. The number of carbonyl (C=O) groups is 1. The topological polar surface area (TPSA) is 84.7 Å². The van der Waals surface area contributed by atoms with Crippen molar-refractivity contribution in [1.29, 1.82) is 0 Å². The highest BCUT2D eigenvalue weighted by atomic mass is 32.2. The van der Waals surface area contributed by atoms with Crippen LogP contribution in [0.1, 0.15) is 18.9 Å². The van der Waals surface area contributed by atoms with Gasteiger partial charge in [-0.25, -0.2) is 0 Å². The second-order valence-electron chi connectivity index (χ2n) is 6.37. The molecule has 156 valence electrons. The molecule has 29 heavy (non-hydrogen) atoms. The SMILES string of the molecule is CCN(CCCNC(=O)CSCc1ccc(OC)c([N+](=O)[O-])c1)c1ccccc1. The van der Waals surface area contributed by atoms with Gasteiger partial charge in [0.1, 0.15) is 0 Å². The Hall–Kier alpha value is -2.74. The van der Waals surface area contributed by atoms with Gasteiger partial charge in [-0.15, -0.1) is 11.8 Å². The Labute approximate surface area is 175 Å². The Kier molecular flexibility index (Phi) is 9.30. The highest BCUT2D eigenvalue weighted by Gasteiger charge is 2.15. The Morgan fingerprint density at radius 3 is 2.66 bits per heavy atom. The van der Waals surface area contributed by atoms with E-state index in [0.717, 1.165) is 25.1 Å². The third-order valence-corrected chi connectivity index (χ3v) is 5.38. The number of nitrogens with zero attached hydrogens (tertiary/aromatic N) is 2. The molecule has 0 bridgehead atoms. The maximum Gasteiger partial charge on any atom is 0.311 e. The predicted octanol–water partition coefficient (Wildman–Crippen LogP) is 3.87. The molecular formula is C21H27N3O4S. The fourth-order valence-corrected chi connectivity index (χ4v) is 3.69. The third kappa shape index (κ3) is 7.30. The standard InChI is InChI=1S/C21H27N3O4S/c1-3-23(18-8-5-4-6-9-18)13-7-12-22-21(25)16-29-15-17-10-11-20(28-2)19(14-17)24(26)27/h4-6,8-11,14H,3,7,12-13,15-16H2,1-2H3,(H,22,25). The van der Waals surface area contributed by atoms with Crippen LogP contribution in [-0.2, 0) is 10.5 Å². The number of hydrogen-bond donors (Lipinski definition) is 1. The molecule has 2 aromatic carbocycles. The van der Waals surface area contributed by atoms with Gasteiger partial charge in [-0.3, -0.25) is 14.9 Å². The summed E-state index contributed by atoms with van der Waals surface area (Å²) in [6.07, 6.45) is 0.865. The van der Waals surface area contributed by atoms with Gasteiger partial charge in [-0.05, 0) is 37.1 Å². The molecule has 1 amide bonds. The van der Waals surface area contributed by atoms with Crippen LogP contribution in [0.25, 0.3) is 0 Å². The molecule has 7 nitrogen and oxygen atoms in total. The van der Waals surface area contributed by atoms with Gasteiger partial charge in [0, 0.05) is 37.1 Å². The van der Waals surface area contributed by atoms with Gasteiger partial charge < -0.3 is 15.0 Å². The molecule has 0 saturated carbocycles. The molecule has 0 saturated heterocycles. The van der Waals surface area contributed by atoms with Gasteiger partial charge in [0.05, 0.1) is 17.8 Å². The number of nitro groups is 1. The van der Waals surface area contributed by atoms with Crippen molar-refractivity contribution in [2.24, 2.45) is 0 Å². The molecule has 2 rings (SSSR count). The number of nitrogens with one attached hydrogen (secondary N) is 1. The van der Waals surface area contributed by atoms with Crippen molar-refractivity contribution < 1.29 is 14.5 Å². The van der Waals surface area contributed by atoms with Crippen LogP contribution < -0.4 is 15.0 Å². The molecular weight excluding hydrogens is 390 g/mol. The summed E-state index contributed by atoms with van der Waals surface area (Å²) in [7, 11) is 1.40. The van der Waals surface area contributed by atoms with E-state index >= 15 is 0 Å². The molecule has 1 N–H and O–H groups in total. The van der Waals surface area contributed by atoms with Crippen molar-refractivity contribution in [2.75, 3.05) is 37.4 Å². The van der Waals surface area contributed by atoms with Gasteiger partial charge in [-0.2, -0.15) is 0 Å². The van der Waals surface area contributed by atoms with Crippen molar-refractivity contribution >= 4 is 29.0 Å². The van der Waals surface area contributed by atoms with Gasteiger partial charge in [-0.1, -0.05) is 24.3 Å². The minimum Gasteiger partial charge on any atom is -0.490 e. The molecule has 0 fully saturated rings. The molecule has 2 aromatic rings. The van der Waals surface area contributed by atoms with Crippen LogP contribution in [0, 0.1) is 10.1 Å². The van der Waals surface area contributed by atoms with Gasteiger partial charge in [0.25, 0.3) is 0 Å². The minimum atomic E-state index is -0.464.